The van der Waals surface area contributed by atoms with Crippen LogP contribution in [0.5, 0.6) is 17.2 Å². The second-order valence-electron chi connectivity index (χ2n) is 4.93. The van der Waals surface area contributed by atoms with Crippen molar-refractivity contribution in [3.63, 3.8) is 0 Å². The molecular formula is C15H21N3O3. The number of fused-ring (bicyclic) bond motifs is 1. The van der Waals surface area contributed by atoms with Crippen molar-refractivity contribution in [2.45, 2.75) is 19.8 Å². The lowest BCUT2D eigenvalue weighted by molar-refractivity contribution is 0.327. The number of hydrogen-bond acceptors (Lipinski definition) is 6. The molecule has 0 spiro atoms. The van der Waals surface area contributed by atoms with Gasteiger partial charge in [0, 0.05) is 11.8 Å². The van der Waals surface area contributed by atoms with Gasteiger partial charge in [-0.2, -0.15) is 0 Å². The summed E-state index contributed by atoms with van der Waals surface area (Å²) in [6.07, 6.45) is 0. The smallest absolute Gasteiger partial charge is 0.204 e. The summed E-state index contributed by atoms with van der Waals surface area (Å²) in [5, 5.41) is 0.766. The molecule has 0 fully saturated rings. The fourth-order valence-corrected chi connectivity index (χ4v) is 2.29. The van der Waals surface area contributed by atoms with Crippen LogP contribution in [0.15, 0.2) is 12.1 Å². The van der Waals surface area contributed by atoms with Gasteiger partial charge in [-0.15, -0.1) is 0 Å². The van der Waals surface area contributed by atoms with E-state index in [2.05, 4.69) is 24.3 Å². The zero-order valence-electron chi connectivity index (χ0n) is 13.0. The summed E-state index contributed by atoms with van der Waals surface area (Å²) in [5.41, 5.74) is 5.12. The van der Waals surface area contributed by atoms with Gasteiger partial charge in [0.25, 0.3) is 0 Å². The summed E-state index contributed by atoms with van der Waals surface area (Å²) in [6, 6.07) is 3.74. The Morgan fingerprint density at radius 1 is 1.05 bits per heavy atom. The minimum absolute atomic E-state index is 0.278. The zero-order valence-corrected chi connectivity index (χ0v) is 13.0. The van der Waals surface area contributed by atoms with Crippen molar-refractivity contribution in [1.29, 1.82) is 0 Å². The van der Waals surface area contributed by atoms with Crippen LogP contribution < -0.4 is 25.5 Å². The van der Waals surface area contributed by atoms with E-state index < -0.39 is 0 Å². The lowest BCUT2D eigenvalue weighted by Gasteiger charge is -2.18. The molecule has 0 aliphatic rings. The van der Waals surface area contributed by atoms with Gasteiger partial charge >= 0.3 is 0 Å². The van der Waals surface area contributed by atoms with Crippen molar-refractivity contribution < 1.29 is 14.2 Å². The van der Waals surface area contributed by atoms with Crippen LogP contribution in [0, 0.1) is 0 Å². The summed E-state index contributed by atoms with van der Waals surface area (Å²) in [6.45, 7) is 4.15. The maximum Gasteiger partial charge on any atom is 0.204 e. The summed E-state index contributed by atoms with van der Waals surface area (Å²) in [5.74, 6) is 7.57. The van der Waals surface area contributed by atoms with Gasteiger partial charge in [-0.25, -0.2) is 0 Å². The second-order valence-corrected chi connectivity index (χ2v) is 4.93. The van der Waals surface area contributed by atoms with Crippen molar-refractivity contribution >= 4 is 16.6 Å². The second kappa shape index (κ2) is 6.05. The first kappa shape index (κ1) is 15.2. The van der Waals surface area contributed by atoms with Crippen molar-refractivity contribution in [1.82, 2.24) is 4.98 Å². The molecule has 0 bridgehead atoms. The highest BCUT2D eigenvalue weighted by Crippen LogP contribution is 2.45. The summed E-state index contributed by atoms with van der Waals surface area (Å²) in [4.78, 5) is 4.66. The molecule has 6 nitrogen and oxygen atoms in total. The lowest BCUT2D eigenvalue weighted by atomic mass is 10.0. The van der Waals surface area contributed by atoms with Gasteiger partial charge in [-0.05, 0) is 12.0 Å². The average molecular weight is 291 g/mol. The van der Waals surface area contributed by atoms with Crippen molar-refractivity contribution in [3.05, 3.63) is 17.8 Å². The molecule has 2 rings (SSSR count). The third-order valence-electron chi connectivity index (χ3n) is 3.37. The number of anilines is 1. The van der Waals surface area contributed by atoms with E-state index >= 15 is 0 Å². The van der Waals surface area contributed by atoms with E-state index in [4.69, 9.17) is 20.1 Å². The van der Waals surface area contributed by atoms with Crippen LogP contribution in [-0.2, 0) is 0 Å². The van der Waals surface area contributed by atoms with E-state index in [0.717, 1.165) is 22.3 Å². The van der Waals surface area contributed by atoms with Crippen LogP contribution in [0.1, 0.15) is 25.5 Å². The van der Waals surface area contributed by atoms with E-state index in [0.29, 0.717) is 17.2 Å². The zero-order chi connectivity index (χ0) is 15.6. The molecule has 0 unspecified atom stereocenters. The van der Waals surface area contributed by atoms with E-state index in [1.807, 2.05) is 12.1 Å². The molecule has 0 radical (unpaired) electrons. The highest BCUT2D eigenvalue weighted by atomic mass is 16.5. The molecule has 0 aliphatic heterocycles. The number of nitrogens with one attached hydrogen (secondary N) is 1. The van der Waals surface area contributed by atoms with Gasteiger partial charge < -0.3 is 19.6 Å². The molecule has 1 aromatic heterocycles. The predicted octanol–water partition coefficient (Wildman–Crippen LogP) is 2.67. The van der Waals surface area contributed by atoms with E-state index in [-0.39, 0.29) is 5.92 Å². The van der Waals surface area contributed by atoms with Gasteiger partial charge in [0.1, 0.15) is 0 Å². The van der Waals surface area contributed by atoms with Gasteiger partial charge in [0.05, 0.1) is 37.9 Å². The SMILES string of the molecule is COc1cc2nc(C(C)C)cc(NN)c2c(OC)c1OC. The first-order valence-electron chi connectivity index (χ1n) is 6.67. The summed E-state index contributed by atoms with van der Waals surface area (Å²) < 4.78 is 16.3. The molecular weight excluding hydrogens is 270 g/mol. The monoisotopic (exact) mass is 291 g/mol. The number of nitrogen functional groups attached to an aromatic ring is 1. The van der Waals surface area contributed by atoms with Gasteiger partial charge in [-0.3, -0.25) is 10.8 Å². The first-order valence-corrected chi connectivity index (χ1v) is 6.67. The Morgan fingerprint density at radius 3 is 2.19 bits per heavy atom. The van der Waals surface area contributed by atoms with Crippen LogP contribution in [0.25, 0.3) is 10.9 Å². The van der Waals surface area contributed by atoms with Crippen LogP contribution in [0.3, 0.4) is 0 Å². The largest absolute Gasteiger partial charge is 0.493 e. The molecule has 6 heteroatoms. The highest BCUT2D eigenvalue weighted by molar-refractivity contribution is 6.00. The number of pyridine rings is 1. The minimum Gasteiger partial charge on any atom is -0.493 e. The van der Waals surface area contributed by atoms with Crippen LogP contribution in [-0.4, -0.2) is 26.3 Å². The van der Waals surface area contributed by atoms with E-state index in [1.54, 1.807) is 21.3 Å². The van der Waals surface area contributed by atoms with Crippen molar-refractivity contribution in [2.75, 3.05) is 26.8 Å². The average Bonchev–Trinajstić information content (AvgIpc) is 2.51. The molecule has 2 aromatic rings. The Balaban J connectivity index is 2.90. The number of methoxy groups -OCH3 is 3. The highest BCUT2D eigenvalue weighted by Gasteiger charge is 2.20. The quantitative estimate of drug-likeness (QED) is 0.651. The Kier molecular flexibility index (Phi) is 4.37. The molecule has 3 N–H and O–H groups in total. The number of ether oxygens (including phenoxy) is 3. The van der Waals surface area contributed by atoms with Gasteiger partial charge in [0.2, 0.25) is 5.75 Å². The number of nitrogens with zero attached hydrogens (tertiary/aromatic N) is 1. The van der Waals surface area contributed by atoms with Gasteiger partial charge in [-0.1, -0.05) is 13.8 Å². The normalized spacial score (nSPS) is 10.8. The fraction of sp³-hybridized carbons (Fsp3) is 0.400. The molecule has 0 amide bonds. The summed E-state index contributed by atoms with van der Waals surface area (Å²) >= 11 is 0. The molecule has 1 aromatic carbocycles. The van der Waals surface area contributed by atoms with Crippen LogP contribution >= 0.6 is 0 Å². The van der Waals surface area contributed by atoms with E-state index in [9.17, 15) is 0 Å². The number of hydrazine groups is 1. The molecule has 114 valence electrons. The molecule has 1 heterocycles. The third kappa shape index (κ3) is 2.54. The summed E-state index contributed by atoms with van der Waals surface area (Å²) in [7, 11) is 4.72. The Morgan fingerprint density at radius 2 is 1.71 bits per heavy atom. The lowest BCUT2D eigenvalue weighted by Crippen LogP contribution is -2.10. The molecule has 0 aliphatic carbocycles. The Hall–Kier alpha value is -2.21. The topological polar surface area (TPSA) is 78.6 Å². The number of hydrogen-bond donors (Lipinski definition) is 2. The number of rotatable bonds is 5. The van der Waals surface area contributed by atoms with Crippen molar-refractivity contribution in [3.8, 4) is 17.2 Å². The molecule has 0 saturated heterocycles. The van der Waals surface area contributed by atoms with Gasteiger partial charge in [0.15, 0.2) is 11.5 Å². The molecule has 0 atom stereocenters. The maximum absolute atomic E-state index is 5.67. The van der Waals surface area contributed by atoms with Crippen molar-refractivity contribution in [2.24, 2.45) is 5.84 Å². The number of nitrogens with two attached hydrogens (primary N) is 1. The third-order valence-corrected chi connectivity index (χ3v) is 3.37. The van der Waals surface area contributed by atoms with E-state index in [1.165, 1.54) is 0 Å². The van der Waals surface area contributed by atoms with Crippen LogP contribution in [0.2, 0.25) is 0 Å². The number of benzene rings is 1. The predicted molar refractivity (Wildman–Crippen MR) is 83.3 cm³/mol. The Labute approximate surface area is 124 Å². The minimum atomic E-state index is 0.278. The maximum atomic E-state index is 5.67. The Bertz CT molecular complexity index is 656. The molecule has 0 saturated carbocycles. The first-order chi connectivity index (χ1) is 10.1. The number of aromatic nitrogens is 1. The standard InChI is InChI=1S/C15H21N3O3/c1-8(2)9-6-11(18-16)13-10(17-9)7-12(19-3)14(20-4)15(13)21-5/h6-8H,16H2,1-5H3,(H,17,18). The fourth-order valence-electron chi connectivity index (χ4n) is 2.29. The molecule has 21 heavy (non-hydrogen) atoms. The van der Waals surface area contributed by atoms with Crippen LogP contribution in [0.4, 0.5) is 5.69 Å².